The molecule has 0 radical (unpaired) electrons. The highest BCUT2D eigenvalue weighted by Gasteiger charge is 2.23. The predicted octanol–water partition coefficient (Wildman–Crippen LogP) is 2.70. The van der Waals surface area contributed by atoms with E-state index in [4.69, 9.17) is 5.11 Å². The van der Waals surface area contributed by atoms with Crippen LogP contribution in [0.1, 0.15) is 42.1 Å². The Bertz CT molecular complexity index is 455. The smallest absolute Gasteiger partial charge is 0.335 e. The van der Waals surface area contributed by atoms with Crippen LogP contribution >= 0.6 is 0 Å². The predicted molar refractivity (Wildman–Crippen MR) is 65.9 cm³/mol. The van der Waals surface area contributed by atoms with E-state index in [2.05, 4.69) is 0 Å². The lowest BCUT2D eigenvalue weighted by molar-refractivity contribution is 0.0523. The molecule has 2 N–H and O–H groups in total. The average molecular weight is 232 g/mol. The molecule has 3 heteroatoms. The Morgan fingerprint density at radius 3 is 2.41 bits per heavy atom. The normalized spacial score (nSPS) is 24.2. The van der Waals surface area contributed by atoms with Gasteiger partial charge in [-0.05, 0) is 49.5 Å². The summed E-state index contributed by atoms with van der Waals surface area (Å²) >= 11 is 0. The van der Waals surface area contributed by atoms with Gasteiger partial charge in [-0.15, -0.1) is 0 Å². The number of carboxylic acid groups (broad SMARTS) is 1. The number of aliphatic hydroxyl groups is 1. The minimum atomic E-state index is -0.905. The molecule has 17 heavy (non-hydrogen) atoms. The summed E-state index contributed by atoms with van der Waals surface area (Å²) in [6, 6.07) is 6.89. The Kier molecular flexibility index (Phi) is 3.03. The summed E-state index contributed by atoms with van der Waals surface area (Å²) < 4.78 is 0. The number of benzene rings is 1. The molecular weight excluding hydrogens is 216 g/mol. The van der Waals surface area contributed by atoms with Crippen LogP contribution in [-0.2, 0) is 0 Å². The zero-order valence-electron chi connectivity index (χ0n) is 9.81. The van der Waals surface area contributed by atoms with Gasteiger partial charge < -0.3 is 10.2 Å². The molecule has 1 unspecified atom stereocenters. The van der Waals surface area contributed by atoms with Crippen molar-refractivity contribution < 1.29 is 15.0 Å². The Labute approximate surface area is 100 Å². The van der Waals surface area contributed by atoms with Crippen LogP contribution in [0.25, 0.3) is 5.57 Å². The summed E-state index contributed by atoms with van der Waals surface area (Å²) in [6.45, 7) is 1.84. The largest absolute Gasteiger partial charge is 0.478 e. The summed E-state index contributed by atoms with van der Waals surface area (Å²) in [4.78, 5) is 10.7. The minimum Gasteiger partial charge on any atom is -0.478 e. The maximum Gasteiger partial charge on any atom is 0.335 e. The fraction of sp³-hybridized carbons (Fsp3) is 0.357. The number of carboxylic acids is 1. The molecule has 0 saturated carbocycles. The molecule has 0 aromatic heterocycles. The second-order valence-electron chi connectivity index (χ2n) is 4.81. The highest BCUT2D eigenvalue weighted by molar-refractivity contribution is 5.88. The number of allylic oxidation sites excluding steroid dienone is 1. The molecule has 0 amide bonds. The third kappa shape index (κ3) is 2.74. The van der Waals surface area contributed by atoms with Crippen molar-refractivity contribution in [1.82, 2.24) is 0 Å². The number of aromatic carboxylic acids is 1. The standard InChI is InChI=1S/C14H16O3/c1-14(17)8-6-11(7-9-14)10-2-4-12(5-3-10)13(15)16/h2-6,17H,7-9H2,1H3,(H,15,16). The molecule has 1 aromatic carbocycles. The fourth-order valence-electron chi connectivity index (χ4n) is 2.04. The van der Waals surface area contributed by atoms with Crippen molar-refractivity contribution >= 4 is 11.5 Å². The molecule has 3 nitrogen and oxygen atoms in total. The first kappa shape index (κ1) is 11.9. The van der Waals surface area contributed by atoms with Gasteiger partial charge in [0.25, 0.3) is 0 Å². The summed E-state index contributed by atoms with van der Waals surface area (Å²) in [6.07, 6.45) is 4.28. The first-order valence-corrected chi connectivity index (χ1v) is 5.73. The van der Waals surface area contributed by atoms with Gasteiger partial charge in [-0.2, -0.15) is 0 Å². The molecule has 2 rings (SSSR count). The maximum atomic E-state index is 10.7. The topological polar surface area (TPSA) is 57.5 Å². The molecule has 1 atom stereocenters. The molecule has 1 aliphatic carbocycles. The van der Waals surface area contributed by atoms with Crippen molar-refractivity contribution in [3.05, 3.63) is 41.5 Å². The molecule has 90 valence electrons. The maximum absolute atomic E-state index is 10.7. The number of hydrogen-bond donors (Lipinski definition) is 2. The van der Waals surface area contributed by atoms with E-state index in [0.717, 1.165) is 18.4 Å². The van der Waals surface area contributed by atoms with Crippen molar-refractivity contribution in [3.63, 3.8) is 0 Å². The van der Waals surface area contributed by atoms with Gasteiger partial charge in [-0.3, -0.25) is 0 Å². The lowest BCUT2D eigenvalue weighted by Crippen LogP contribution is -2.25. The summed E-state index contributed by atoms with van der Waals surface area (Å²) in [5, 5.41) is 18.6. The van der Waals surface area contributed by atoms with Gasteiger partial charge in [0.05, 0.1) is 11.2 Å². The number of hydrogen-bond acceptors (Lipinski definition) is 2. The SMILES string of the molecule is CC1(O)CC=C(c2ccc(C(=O)O)cc2)CC1. The third-order valence-electron chi connectivity index (χ3n) is 3.22. The van der Waals surface area contributed by atoms with Crippen molar-refractivity contribution in [2.45, 2.75) is 31.8 Å². The van der Waals surface area contributed by atoms with E-state index in [1.807, 2.05) is 25.1 Å². The van der Waals surface area contributed by atoms with Crippen LogP contribution in [0.2, 0.25) is 0 Å². The Morgan fingerprint density at radius 2 is 1.94 bits per heavy atom. The van der Waals surface area contributed by atoms with Crippen LogP contribution in [0, 0.1) is 0 Å². The molecule has 0 heterocycles. The van der Waals surface area contributed by atoms with Crippen molar-refractivity contribution in [3.8, 4) is 0 Å². The van der Waals surface area contributed by atoms with Crippen LogP contribution in [0.15, 0.2) is 30.3 Å². The van der Waals surface area contributed by atoms with E-state index < -0.39 is 11.6 Å². The zero-order chi connectivity index (χ0) is 12.5. The molecule has 0 aliphatic heterocycles. The van der Waals surface area contributed by atoms with Gasteiger partial charge in [-0.25, -0.2) is 4.79 Å². The van der Waals surface area contributed by atoms with E-state index in [-0.39, 0.29) is 0 Å². The van der Waals surface area contributed by atoms with E-state index in [1.54, 1.807) is 12.1 Å². The Morgan fingerprint density at radius 1 is 1.29 bits per heavy atom. The third-order valence-corrected chi connectivity index (χ3v) is 3.22. The summed E-state index contributed by atoms with van der Waals surface area (Å²) in [5.74, 6) is -0.905. The van der Waals surface area contributed by atoms with Crippen LogP contribution in [-0.4, -0.2) is 21.8 Å². The first-order chi connectivity index (χ1) is 7.98. The summed E-state index contributed by atoms with van der Waals surface area (Å²) in [5.41, 5.74) is 1.95. The lowest BCUT2D eigenvalue weighted by atomic mass is 9.84. The van der Waals surface area contributed by atoms with Crippen LogP contribution in [0.5, 0.6) is 0 Å². The van der Waals surface area contributed by atoms with Gasteiger partial charge in [0.15, 0.2) is 0 Å². The molecule has 0 bridgehead atoms. The second-order valence-corrected chi connectivity index (χ2v) is 4.81. The number of rotatable bonds is 2. The van der Waals surface area contributed by atoms with Gasteiger partial charge in [0.2, 0.25) is 0 Å². The van der Waals surface area contributed by atoms with Crippen molar-refractivity contribution in [1.29, 1.82) is 0 Å². The van der Waals surface area contributed by atoms with E-state index in [1.165, 1.54) is 5.57 Å². The second kappa shape index (κ2) is 4.34. The summed E-state index contributed by atoms with van der Waals surface area (Å²) in [7, 11) is 0. The zero-order valence-corrected chi connectivity index (χ0v) is 9.81. The number of carbonyl (C=O) groups is 1. The first-order valence-electron chi connectivity index (χ1n) is 5.73. The Hall–Kier alpha value is -1.61. The van der Waals surface area contributed by atoms with Gasteiger partial charge in [0.1, 0.15) is 0 Å². The fourth-order valence-corrected chi connectivity index (χ4v) is 2.04. The quantitative estimate of drug-likeness (QED) is 0.824. The minimum absolute atomic E-state index is 0.303. The van der Waals surface area contributed by atoms with Crippen LogP contribution < -0.4 is 0 Å². The van der Waals surface area contributed by atoms with Crippen LogP contribution in [0.4, 0.5) is 0 Å². The van der Waals surface area contributed by atoms with E-state index in [0.29, 0.717) is 12.0 Å². The molecule has 0 saturated heterocycles. The molecule has 0 fully saturated rings. The van der Waals surface area contributed by atoms with Crippen molar-refractivity contribution in [2.75, 3.05) is 0 Å². The van der Waals surface area contributed by atoms with E-state index >= 15 is 0 Å². The van der Waals surface area contributed by atoms with Crippen molar-refractivity contribution in [2.24, 2.45) is 0 Å². The van der Waals surface area contributed by atoms with Gasteiger partial charge >= 0.3 is 5.97 Å². The molecule has 0 spiro atoms. The van der Waals surface area contributed by atoms with E-state index in [9.17, 15) is 9.90 Å². The molecule has 1 aliphatic rings. The van der Waals surface area contributed by atoms with Gasteiger partial charge in [0, 0.05) is 0 Å². The van der Waals surface area contributed by atoms with Crippen LogP contribution in [0.3, 0.4) is 0 Å². The molecular formula is C14H16O3. The molecule has 1 aromatic rings. The average Bonchev–Trinajstić information content (AvgIpc) is 2.29. The highest BCUT2D eigenvalue weighted by Crippen LogP contribution is 2.32. The Balaban J connectivity index is 2.19. The monoisotopic (exact) mass is 232 g/mol. The lowest BCUT2D eigenvalue weighted by Gasteiger charge is -2.27. The highest BCUT2D eigenvalue weighted by atomic mass is 16.4. The van der Waals surface area contributed by atoms with Gasteiger partial charge in [-0.1, -0.05) is 18.2 Å².